The van der Waals surface area contributed by atoms with Gasteiger partial charge in [0.15, 0.2) is 0 Å². The molecule has 3 heterocycles. The molecular weight excluding hydrogens is 430 g/mol. The Labute approximate surface area is 198 Å². The summed E-state index contributed by atoms with van der Waals surface area (Å²) < 4.78 is 11.3. The number of anilines is 1. The van der Waals surface area contributed by atoms with Crippen molar-refractivity contribution in [3.8, 4) is 5.88 Å². The third-order valence-corrected chi connectivity index (χ3v) is 7.78. The number of carbonyl (C=O) groups excluding carboxylic acids is 1. The third-order valence-electron chi connectivity index (χ3n) is 7.78. The highest BCUT2D eigenvalue weighted by atomic mass is 16.5. The minimum atomic E-state index is -0.0923. The van der Waals surface area contributed by atoms with Crippen LogP contribution in [0, 0.1) is 5.92 Å². The van der Waals surface area contributed by atoms with E-state index >= 15 is 0 Å². The van der Waals surface area contributed by atoms with Crippen molar-refractivity contribution < 1.29 is 14.3 Å². The standard InChI is InChI=1S/C26H29N5O3/c1-3-33-22-7-5-18(29-30-22)13-31(26-9-8-16(11-26)12-26)25(32)17-4-6-21-19(10-17)20-14-34-15(2)23(20)24(27)28-21/h4-7,10,15-16H,3,8-9,11-14H2,1-2H3,(H2,27,28)/t15-,16?,26?/m1/s1. The summed E-state index contributed by atoms with van der Waals surface area (Å²) in [5.41, 5.74) is 10.3. The monoisotopic (exact) mass is 459 g/mol. The number of hydrogen-bond acceptors (Lipinski definition) is 7. The summed E-state index contributed by atoms with van der Waals surface area (Å²) in [5.74, 6) is 1.76. The van der Waals surface area contributed by atoms with Gasteiger partial charge in [-0.1, -0.05) is 0 Å². The molecule has 8 heteroatoms. The number of nitrogen functional groups attached to an aromatic ring is 1. The van der Waals surface area contributed by atoms with Crippen LogP contribution in [-0.2, 0) is 17.9 Å². The molecule has 2 bridgehead atoms. The van der Waals surface area contributed by atoms with Crippen molar-refractivity contribution in [2.45, 2.75) is 64.3 Å². The predicted octanol–water partition coefficient (Wildman–Crippen LogP) is 4.18. The summed E-state index contributed by atoms with van der Waals surface area (Å²) in [5, 5.41) is 9.45. The van der Waals surface area contributed by atoms with Crippen LogP contribution in [0.25, 0.3) is 10.9 Å². The SMILES string of the molecule is CCOc1ccc(CN(C(=O)c2ccc3nc(N)c4c(c3c2)CO[C@@H]4C)C23CCC(C2)C3)nn1. The molecule has 3 fully saturated rings. The van der Waals surface area contributed by atoms with Crippen LogP contribution in [0.5, 0.6) is 5.88 Å². The van der Waals surface area contributed by atoms with Gasteiger partial charge in [0.2, 0.25) is 5.88 Å². The molecule has 34 heavy (non-hydrogen) atoms. The number of nitrogens with zero attached hydrogens (tertiary/aromatic N) is 4. The van der Waals surface area contributed by atoms with Crippen molar-refractivity contribution in [2.24, 2.45) is 5.92 Å². The van der Waals surface area contributed by atoms with Gasteiger partial charge in [0.1, 0.15) is 5.82 Å². The Morgan fingerprint density at radius 2 is 2.12 bits per heavy atom. The molecule has 1 amide bonds. The summed E-state index contributed by atoms with van der Waals surface area (Å²) in [6.45, 7) is 5.35. The van der Waals surface area contributed by atoms with E-state index in [1.54, 1.807) is 0 Å². The number of hydrogen-bond donors (Lipinski definition) is 1. The molecule has 3 aliphatic carbocycles. The van der Waals surface area contributed by atoms with Gasteiger partial charge in [-0.2, -0.15) is 5.10 Å². The summed E-state index contributed by atoms with van der Waals surface area (Å²) in [4.78, 5) is 20.6. The molecule has 4 aliphatic rings. The van der Waals surface area contributed by atoms with Gasteiger partial charge >= 0.3 is 0 Å². The number of carbonyl (C=O) groups is 1. The van der Waals surface area contributed by atoms with E-state index in [1.165, 1.54) is 6.42 Å². The second-order valence-corrected chi connectivity index (χ2v) is 9.80. The van der Waals surface area contributed by atoms with E-state index in [0.717, 1.165) is 52.9 Å². The molecule has 2 aromatic heterocycles. The number of rotatable bonds is 6. The number of nitrogens with two attached hydrogens (primary N) is 1. The fraction of sp³-hybridized carbons (Fsp3) is 0.462. The van der Waals surface area contributed by atoms with E-state index in [0.29, 0.717) is 37.0 Å². The Morgan fingerprint density at radius 1 is 1.26 bits per heavy atom. The van der Waals surface area contributed by atoms with E-state index in [2.05, 4.69) is 15.2 Å². The zero-order valence-electron chi connectivity index (χ0n) is 19.6. The first-order valence-corrected chi connectivity index (χ1v) is 12.1. The molecule has 1 aromatic carbocycles. The van der Waals surface area contributed by atoms with Crippen molar-refractivity contribution in [1.82, 2.24) is 20.1 Å². The molecule has 3 aromatic rings. The molecule has 0 unspecified atom stereocenters. The van der Waals surface area contributed by atoms with Crippen LogP contribution < -0.4 is 10.5 Å². The van der Waals surface area contributed by atoms with Gasteiger partial charge in [-0.15, -0.1) is 5.10 Å². The number of ether oxygens (including phenoxy) is 2. The van der Waals surface area contributed by atoms with Crippen LogP contribution in [-0.4, -0.2) is 38.1 Å². The molecule has 8 nitrogen and oxygen atoms in total. The molecule has 1 aliphatic heterocycles. The van der Waals surface area contributed by atoms with Crippen molar-refractivity contribution in [3.63, 3.8) is 0 Å². The summed E-state index contributed by atoms with van der Waals surface area (Å²) >= 11 is 0. The molecule has 2 N–H and O–H groups in total. The number of aromatic nitrogens is 3. The van der Waals surface area contributed by atoms with Crippen LogP contribution in [0.1, 0.15) is 72.8 Å². The van der Waals surface area contributed by atoms with Crippen LogP contribution in [0.3, 0.4) is 0 Å². The minimum Gasteiger partial charge on any atom is -0.477 e. The Kier molecular flexibility index (Phi) is 4.95. The molecule has 1 atom stereocenters. The average molecular weight is 460 g/mol. The normalized spacial score (nSPS) is 24.6. The highest BCUT2D eigenvalue weighted by Crippen LogP contribution is 2.56. The minimum absolute atomic E-state index is 0.0236. The summed E-state index contributed by atoms with van der Waals surface area (Å²) in [6.07, 6.45) is 4.26. The zero-order chi connectivity index (χ0) is 23.4. The number of fused-ring (bicyclic) bond motifs is 4. The predicted molar refractivity (Wildman–Crippen MR) is 127 cm³/mol. The maximum atomic E-state index is 14.0. The van der Waals surface area contributed by atoms with Gasteiger partial charge in [-0.3, -0.25) is 4.79 Å². The maximum absolute atomic E-state index is 14.0. The molecular formula is C26H29N5O3. The van der Waals surface area contributed by atoms with Crippen molar-refractivity contribution in [1.29, 1.82) is 0 Å². The lowest BCUT2D eigenvalue weighted by Crippen LogP contribution is -2.54. The second-order valence-electron chi connectivity index (χ2n) is 9.80. The fourth-order valence-electron chi connectivity index (χ4n) is 6.08. The van der Waals surface area contributed by atoms with Crippen LogP contribution >= 0.6 is 0 Å². The number of pyridine rings is 1. The van der Waals surface area contributed by atoms with Crippen LogP contribution in [0.15, 0.2) is 30.3 Å². The lowest BCUT2D eigenvalue weighted by atomic mass is 9.75. The maximum Gasteiger partial charge on any atom is 0.254 e. The lowest BCUT2D eigenvalue weighted by Gasteiger charge is -2.47. The summed E-state index contributed by atoms with van der Waals surface area (Å²) in [6, 6.07) is 9.44. The van der Waals surface area contributed by atoms with E-state index in [4.69, 9.17) is 15.2 Å². The molecule has 0 spiro atoms. The van der Waals surface area contributed by atoms with E-state index in [9.17, 15) is 4.79 Å². The van der Waals surface area contributed by atoms with Crippen molar-refractivity contribution >= 4 is 22.6 Å². The first-order chi connectivity index (χ1) is 16.5. The molecule has 0 saturated heterocycles. The van der Waals surface area contributed by atoms with E-state index in [1.807, 2.05) is 49.1 Å². The smallest absolute Gasteiger partial charge is 0.254 e. The Morgan fingerprint density at radius 3 is 2.82 bits per heavy atom. The van der Waals surface area contributed by atoms with E-state index < -0.39 is 0 Å². The lowest BCUT2D eigenvalue weighted by molar-refractivity contribution is 0.0168. The van der Waals surface area contributed by atoms with E-state index in [-0.39, 0.29) is 17.6 Å². The second kappa shape index (κ2) is 7.91. The number of amides is 1. The first kappa shape index (κ1) is 21.3. The average Bonchev–Trinajstić information content (AvgIpc) is 3.53. The summed E-state index contributed by atoms with van der Waals surface area (Å²) in [7, 11) is 0. The Hall–Kier alpha value is -3.26. The van der Waals surface area contributed by atoms with Crippen LogP contribution in [0.4, 0.5) is 5.82 Å². The van der Waals surface area contributed by atoms with Gasteiger partial charge in [-0.25, -0.2) is 4.98 Å². The molecule has 7 rings (SSSR count). The van der Waals surface area contributed by atoms with Gasteiger partial charge in [0, 0.05) is 28.1 Å². The van der Waals surface area contributed by atoms with Crippen molar-refractivity contribution in [2.75, 3.05) is 12.3 Å². The van der Waals surface area contributed by atoms with Gasteiger partial charge < -0.3 is 20.1 Å². The Balaban J connectivity index is 1.36. The largest absolute Gasteiger partial charge is 0.477 e. The third kappa shape index (κ3) is 3.31. The molecule has 176 valence electrons. The quantitative estimate of drug-likeness (QED) is 0.590. The first-order valence-electron chi connectivity index (χ1n) is 12.1. The molecule has 3 saturated carbocycles. The van der Waals surface area contributed by atoms with Gasteiger partial charge in [0.05, 0.1) is 37.1 Å². The highest BCUT2D eigenvalue weighted by molar-refractivity contribution is 5.99. The van der Waals surface area contributed by atoms with Gasteiger partial charge in [-0.05, 0) is 75.3 Å². The number of benzene rings is 1. The van der Waals surface area contributed by atoms with Gasteiger partial charge in [0.25, 0.3) is 5.91 Å². The molecule has 0 radical (unpaired) electrons. The fourth-order valence-corrected chi connectivity index (χ4v) is 6.08. The highest BCUT2D eigenvalue weighted by Gasteiger charge is 2.55. The van der Waals surface area contributed by atoms with Crippen molar-refractivity contribution in [3.05, 3.63) is 52.7 Å². The van der Waals surface area contributed by atoms with Crippen LogP contribution in [0.2, 0.25) is 0 Å². The topological polar surface area (TPSA) is 103 Å². The zero-order valence-corrected chi connectivity index (χ0v) is 19.6. The Bertz CT molecular complexity index is 1260.